The number of halogens is 1. The van der Waals surface area contributed by atoms with E-state index in [1.165, 1.54) is 0 Å². The summed E-state index contributed by atoms with van der Waals surface area (Å²) in [7, 11) is 1.95. The summed E-state index contributed by atoms with van der Waals surface area (Å²) in [6.45, 7) is 5.75. The maximum absolute atomic E-state index is 11.7. The van der Waals surface area contributed by atoms with Crippen LogP contribution >= 0.6 is 12.4 Å². The Kier molecular flexibility index (Phi) is 8.61. The van der Waals surface area contributed by atoms with Gasteiger partial charge in [-0.05, 0) is 32.4 Å². The van der Waals surface area contributed by atoms with Gasteiger partial charge in [0.05, 0.1) is 0 Å². The van der Waals surface area contributed by atoms with Crippen LogP contribution in [0.25, 0.3) is 0 Å². The number of rotatable bonds is 6. The molecule has 16 heavy (non-hydrogen) atoms. The number of nitrogens with zero attached hydrogens (tertiary/aromatic N) is 1. The van der Waals surface area contributed by atoms with Crippen molar-refractivity contribution < 1.29 is 9.53 Å². The minimum Gasteiger partial charge on any atom is -0.372 e. The van der Waals surface area contributed by atoms with E-state index in [0.29, 0.717) is 12.5 Å². The fraction of sp³-hybridized carbons (Fsp3) is 0.909. The third-order valence-corrected chi connectivity index (χ3v) is 2.71. The maximum atomic E-state index is 11.7. The van der Waals surface area contributed by atoms with Gasteiger partial charge in [-0.25, -0.2) is 0 Å². The van der Waals surface area contributed by atoms with Crippen LogP contribution < -0.4 is 5.32 Å². The first kappa shape index (κ1) is 15.7. The van der Waals surface area contributed by atoms with Crippen molar-refractivity contribution in [2.24, 2.45) is 5.92 Å². The zero-order valence-electron chi connectivity index (χ0n) is 10.2. The van der Waals surface area contributed by atoms with E-state index in [0.717, 1.165) is 32.5 Å². The Bertz CT molecular complexity index is 202. The third kappa shape index (κ3) is 5.14. The molecule has 4 nitrogen and oxygen atoms in total. The second kappa shape index (κ2) is 8.79. The van der Waals surface area contributed by atoms with Crippen LogP contribution in [0.3, 0.4) is 0 Å². The molecule has 0 radical (unpaired) electrons. The van der Waals surface area contributed by atoms with Crippen molar-refractivity contribution >= 4 is 18.3 Å². The van der Waals surface area contributed by atoms with E-state index in [2.05, 4.69) is 5.32 Å². The molecule has 0 bridgehead atoms. The predicted octanol–water partition coefficient (Wildman–Crippen LogP) is 0.903. The van der Waals surface area contributed by atoms with Gasteiger partial charge < -0.3 is 15.0 Å². The monoisotopic (exact) mass is 250 g/mol. The number of ether oxygens (including phenoxy) is 1. The second-order valence-corrected chi connectivity index (χ2v) is 4.10. The molecule has 0 aromatic carbocycles. The zero-order valence-corrected chi connectivity index (χ0v) is 11.0. The smallest absolute Gasteiger partial charge is 0.248 e. The van der Waals surface area contributed by atoms with E-state index in [-0.39, 0.29) is 24.9 Å². The average Bonchev–Trinajstić information content (AvgIpc) is 2.67. The normalized spacial score (nSPS) is 19.6. The fourth-order valence-electron chi connectivity index (χ4n) is 1.91. The first-order valence-corrected chi connectivity index (χ1v) is 5.78. The van der Waals surface area contributed by atoms with Crippen molar-refractivity contribution in [3.63, 3.8) is 0 Å². The van der Waals surface area contributed by atoms with Crippen molar-refractivity contribution in [1.82, 2.24) is 10.2 Å². The highest BCUT2D eigenvalue weighted by Gasteiger charge is 2.25. The van der Waals surface area contributed by atoms with Crippen LogP contribution in [0.1, 0.15) is 19.8 Å². The molecule has 0 aromatic heterocycles. The molecule has 0 aromatic rings. The van der Waals surface area contributed by atoms with E-state index < -0.39 is 0 Å². The fourth-order valence-corrected chi connectivity index (χ4v) is 1.91. The lowest BCUT2D eigenvalue weighted by molar-refractivity contribution is -0.135. The van der Waals surface area contributed by atoms with E-state index in [9.17, 15) is 4.79 Å². The molecule has 5 heteroatoms. The summed E-state index contributed by atoms with van der Waals surface area (Å²) in [5, 5.41) is 3.15. The second-order valence-electron chi connectivity index (χ2n) is 4.10. The molecule has 1 unspecified atom stereocenters. The lowest BCUT2D eigenvalue weighted by atomic mass is 10.1. The van der Waals surface area contributed by atoms with Crippen LogP contribution in [0.5, 0.6) is 0 Å². The largest absolute Gasteiger partial charge is 0.372 e. The average molecular weight is 251 g/mol. The molecule has 0 aliphatic carbocycles. The predicted molar refractivity (Wildman–Crippen MR) is 67.0 cm³/mol. The van der Waals surface area contributed by atoms with Crippen LogP contribution in [0.15, 0.2) is 0 Å². The lowest BCUT2D eigenvalue weighted by Gasteiger charge is -2.16. The molecular formula is C11H23ClN2O2. The van der Waals surface area contributed by atoms with Gasteiger partial charge in [-0.1, -0.05) is 6.92 Å². The molecule has 1 N–H and O–H groups in total. The van der Waals surface area contributed by atoms with Crippen LogP contribution in [0, 0.1) is 5.92 Å². The van der Waals surface area contributed by atoms with Crippen LogP contribution in [0.4, 0.5) is 0 Å². The van der Waals surface area contributed by atoms with Crippen molar-refractivity contribution in [3.8, 4) is 0 Å². The number of carbonyl (C=O) groups is 1. The minimum atomic E-state index is 0. The van der Waals surface area contributed by atoms with Crippen molar-refractivity contribution in [3.05, 3.63) is 0 Å². The number of carbonyl (C=O) groups excluding carboxylic acids is 1. The van der Waals surface area contributed by atoms with Gasteiger partial charge in [-0.2, -0.15) is 0 Å². The number of amides is 1. The first-order valence-electron chi connectivity index (χ1n) is 5.78. The summed E-state index contributed by atoms with van der Waals surface area (Å²) in [4.78, 5) is 13.6. The summed E-state index contributed by atoms with van der Waals surface area (Å²) in [5.41, 5.74) is 0. The Hall–Kier alpha value is -0.320. The molecule has 1 amide bonds. The van der Waals surface area contributed by atoms with Gasteiger partial charge in [0.2, 0.25) is 5.91 Å². The SMILES string of the molecule is CCCOCC(=O)N1CCC(CNC)C1.Cl. The van der Waals surface area contributed by atoms with Gasteiger partial charge >= 0.3 is 0 Å². The standard InChI is InChI=1S/C11H22N2O2.ClH/c1-3-6-15-9-11(14)13-5-4-10(8-13)7-12-2;/h10,12H,3-9H2,1-2H3;1H. The number of hydrogen-bond donors (Lipinski definition) is 1. The van der Waals surface area contributed by atoms with Gasteiger partial charge in [-0.15, -0.1) is 12.4 Å². The molecule has 0 saturated carbocycles. The Labute approximate surface area is 104 Å². The number of hydrogen-bond acceptors (Lipinski definition) is 3. The summed E-state index contributed by atoms with van der Waals surface area (Å²) in [5.74, 6) is 0.757. The Morgan fingerprint density at radius 2 is 2.31 bits per heavy atom. The van der Waals surface area contributed by atoms with Crippen molar-refractivity contribution in [2.75, 3.05) is 39.9 Å². The van der Waals surface area contributed by atoms with Gasteiger partial charge in [0.1, 0.15) is 6.61 Å². The summed E-state index contributed by atoms with van der Waals surface area (Å²) in [6.07, 6.45) is 2.08. The van der Waals surface area contributed by atoms with E-state index >= 15 is 0 Å². The Morgan fingerprint density at radius 3 is 2.94 bits per heavy atom. The lowest BCUT2D eigenvalue weighted by Crippen LogP contribution is -2.33. The zero-order chi connectivity index (χ0) is 11.1. The maximum Gasteiger partial charge on any atom is 0.248 e. The molecule has 1 aliphatic rings. The summed E-state index contributed by atoms with van der Waals surface area (Å²) < 4.78 is 5.25. The summed E-state index contributed by atoms with van der Waals surface area (Å²) >= 11 is 0. The Balaban J connectivity index is 0.00000225. The van der Waals surface area contributed by atoms with Crippen molar-refractivity contribution in [2.45, 2.75) is 19.8 Å². The molecule has 1 saturated heterocycles. The first-order chi connectivity index (χ1) is 7.27. The molecule has 1 heterocycles. The van der Waals surface area contributed by atoms with E-state index in [1.807, 2.05) is 18.9 Å². The molecule has 0 spiro atoms. The van der Waals surface area contributed by atoms with Crippen LogP contribution in [-0.4, -0.2) is 50.7 Å². The van der Waals surface area contributed by atoms with Gasteiger partial charge in [-0.3, -0.25) is 4.79 Å². The quantitative estimate of drug-likeness (QED) is 0.713. The third-order valence-electron chi connectivity index (χ3n) is 2.71. The van der Waals surface area contributed by atoms with Gasteiger partial charge in [0.25, 0.3) is 0 Å². The molecular weight excluding hydrogens is 228 g/mol. The summed E-state index contributed by atoms with van der Waals surface area (Å²) in [6, 6.07) is 0. The number of likely N-dealkylation sites (tertiary alicyclic amines) is 1. The van der Waals surface area contributed by atoms with Crippen molar-refractivity contribution in [1.29, 1.82) is 0 Å². The van der Waals surface area contributed by atoms with Gasteiger partial charge in [0, 0.05) is 19.7 Å². The minimum absolute atomic E-state index is 0. The Morgan fingerprint density at radius 1 is 1.56 bits per heavy atom. The highest BCUT2D eigenvalue weighted by Crippen LogP contribution is 2.15. The van der Waals surface area contributed by atoms with Gasteiger partial charge in [0.15, 0.2) is 0 Å². The molecule has 1 aliphatic heterocycles. The van der Waals surface area contributed by atoms with Crippen LogP contribution in [0.2, 0.25) is 0 Å². The highest BCUT2D eigenvalue weighted by molar-refractivity contribution is 5.85. The van der Waals surface area contributed by atoms with E-state index in [4.69, 9.17) is 4.74 Å². The van der Waals surface area contributed by atoms with E-state index in [1.54, 1.807) is 0 Å². The number of nitrogens with one attached hydrogen (secondary N) is 1. The molecule has 1 rings (SSSR count). The molecule has 1 fully saturated rings. The molecule has 96 valence electrons. The topological polar surface area (TPSA) is 41.6 Å². The van der Waals surface area contributed by atoms with Crippen LogP contribution in [-0.2, 0) is 9.53 Å². The molecule has 1 atom stereocenters. The highest BCUT2D eigenvalue weighted by atomic mass is 35.5.